The minimum absolute atomic E-state index is 0.0597. The molecule has 1 saturated heterocycles. The number of nitrogens with one attached hydrogen (secondary N) is 1. The molecule has 2 atom stereocenters. The lowest BCUT2D eigenvalue weighted by Crippen LogP contribution is -2.48. The fourth-order valence-corrected chi connectivity index (χ4v) is 3.12. The first-order valence-electron chi connectivity index (χ1n) is 6.56. The summed E-state index contributed by atoms with van der Waals surface area (Å²) >= 11 is 9.42. The van der Waals surface area contributed by atoms with Gasteiger partial charge >= 0.3 is 0 Å². The van der Waals surface area contributed by atoms with Crippen LogP contribution in [0.15, 0.2) is 22.7 Å². The molecule has 2 unspecified atom stereocenters. The molecular weight excluding hydrogens is 344 g/mol. The number of hydrogen-bond acceptors (Lipinski definition) is 3. The Kier molecular flexibility index (Phi) is 5.43. The third-order valence-corrected chi connectivity index (χ3v) is 3.87. The molecule has 1 aromatic carbocycles. The Morgan fingerprint density at radius 2 is 2.10 bits per heavy atom. The van der Waals surface area contributed by atoms with Gasteiger partial charge < -0.3 is 10.1 Å². The summed E-state index contributed by atoms with van der Waals surface area (Å²) in [6.45, 7) is 5.93. The van der Waals surface area contributed by atoms with E-state index in [-0.39, 0.29) is 18.1 Å². The van der Waals surface area contributed by atoms with Crippen molar-refractivity contribution in [3.63, 3.8) is 0 Å². The first-order valence-corrected chi connectivity index (χ1v) is 7.74. The molecule has 1 heterocycles. The Labute approximate surface area is 132 Å². The Balaban J connectivity index is 1.92. The fraction of sp³-hybridized carbons (Fsp3) is 0.500. The highest BCUT2D eigenvalue weighted by Gasteiger charge is 2.23. The average Bonchev–Trinajstić information content (AvgIpc) is 2.31. The lowest BCUT2D eigenvalue weighted by atomic mass is 10.2. The van der Waals surface area contributed by atoms with Gasteiger partial charge in [0.05, 0.1) is 29.5 Å². The molecule has 6 heteroatoms. The van der Waals surface area contributed by atoms with E-state index < -0.39 is 0 Å². The van der Waals surface area contributed by atoms with Gasteiger partial charge in [0.15, 0.2) is 0 Å². The third kappa shape index (κ3) is 4.45. The second-order valence-electron chi connectivity index (χ2n) is 5.12. The van der Waals surface area contributed by atoms with Crippen molar-refractivity contribution in [2.24, 2.45) is 0 Å². The van der Waals surface area contributed by atoms with Gasteiger partial charge in [0.25, 0.3) is 0 Å². The number of benzene rings is 1. The number of halogens is 2. The molecule has 0 saturated carbocycles. The van der Waals surface area contributed by atoms with Crippen molar-refractivity contribution in [1.29, 1.82) is 0 Å². The minimum atomic E-state index is -0.0597. The van der Waals surface area contributed by atoms with Crippen LogP contribution in [0.5, 0.6) is 0 Å². The Bertz CT molecular complexity index is 488. The predicted octanol–water partition coefficient (Wildman–Crippen LogP) is 3.15. The second kappa shape index (κ2) is 6.89. The van der Waals surface area contributed by atoms with Crippen LogP contribution < -0.4 is 5.32 Å². The molecule has 1 fully saturated rings. The molecule has 4 nitrogen and oxygen atoms in total. The zero-order valence-electron chi connectivity index (χ0n) is 11.5. The number of anilines is 1. The van der Waals surface area contributed by atoms with Crippen molar-refractivity contribution in [3.05, 3.63) is 27.7 Å². The number of carbonyl (C=O) groups is 1. The quantitative estimate of drug-likeness (QED) is 0.899. The zero-order valence-corrected chi connectivity index (χ0v) is 13.9. The van der Waals surface area contributed by atoms with Gasteiger partial charge in [0.2, 0.25) is 5.91 Å². The maximum absolute atomic E-state index is 12.1. The minimum Gasteiger partial charge on any atom is -0.373 e. The number of morpholine rings is 1. The smallest absolute Gasteiger partial charge is 0.238 e. The van der Waals surface area contributed by atoms with Crippen LogP contribution in [-0.4, -0.2) is 42.6 Å². The molecule has 1 amide bonds. The molecular formula is C14H18BrClN2O2. The first kappa shape index (κ1) is 15.8. The van der Waals surface area contributed by atoms with Crippen molar-refractivity contribution >= 4 is 39.1 Å². The molecule has 1 aliphatic rings. The first-order chi connectivity index (χ1) is 9.44. The number of amides is 1. The van der Waals surface area contributed by atoms with Gasteiger partial charge in [-0.15, -0.1) is 0 Å². The highest BCUT2D eigenvalue weighted by Crippen LogP contribution is 2.25. The topological polar surface area (TPSA) is 41.6 Å². The van der Waals surface area contributed by atoms with E-state index in [0.29, 0.717) is 17.3 Å². The zero-order chi connectivity index (χ0) is 14.7. The van der Waals surface area contributed by atoms with Crippen LogP contribution in [0.3, 0.4) is 0 Å². The molecule has 1 aromatic rings. The van der Waals surface area contributed by atoms with Crippen LogP contribution in [-0.2, 0) is 9.53 Å². The molecule has 20 heavy (non-hydrogen) atoms. The van der Waals surface area contributed by atoms with Crippen molar-refractivity contribution in [2.75, 3.05) is 25.0 Å². The second-order valence-corrected chi connectivity index (χ2v) is 6.45. The van der Waals surface area contributed by atoms with E-state index in [2.05, 4.69) is 26.1 Å². The maximum atomic E-state index is 12.1. The molecule has 110 valence electrons. The summed E-state index contributed by atoms with van der Waals surface area (Å²) in [7, 11) is 0. The molecule has 1 N–H and O–H groups in total. The van der Waals surface area contributed by atoms with Crippen LogP contribution in [0, 0.1) is 0 Å². The van der Waals surface area contributed by atoms with Crippen LogP contribution in [0.2, 0.25) is 5.02 Å². The van der Waals surface area contributed by atoms with Crippen molar-refractivity contribution < 1.29 is 9.53 Å². The molecule has 0 aliphatic carbocycles. The third-order valence-electron chi connectivity index (χ3n) is 3.07. The fourth-order valence-electron chi connectivity index (χ4n) is 2.40. The van der Waals surface area contributed by atoms with Crippen molar-refractivity contribution in [2.45, 2.75) is 26.1 Å². The highest BCUT2D eigenvalue weighted by atomic mass is 79.9. The number of carbonyl (C=O) groups excluding carboxylic acids is 1. The van der Waals surface area contributed by atoms with Crippen molar-refractivity contribution in [3.8, 4) is 0 Å². The number of hydrogen-bond donors (Lipinski definition) is 1. The van der Waals surface area contributed by atoms with E-state index in [9.17, 15) is 4.79 Å². The van der Waals surface area contributed by atoms with Gasteiger partial charge in [-0.25, -0.2) is 0 Å². The van der Waals surface area contributed by atoms with Gasteiger partial charge in [-0.3, -0.25) is 9.69 Å². The number of ether oxygens (including phenoxy) is 1. The van der Waals surface area contributed by atoms with Crippen LogP contribution in [0.25, 0.3) is 0 Å². The summed E-state index contributed by atoms with van der Waals surface area (Å²) in [6, 6.07) is 5.39. The Hall–Kier alpha value is -0.620. The number of rotatable bonds is 3. The molecule has 2 rings (SSSR count). The van der Waals surface area contributed by atoms with Gasteiger partial charge in [0.1, 0.15) is 0 Å². The molecule has 0 aromatic heterocycles. The van der Waals surface area contributed by atoms with Crippen LogP contribution in [0.4, 0.5) is 5.69 Å². The molecule has 1 aliphatic heterocycles. The average molecular weight is 362 g/mol. The number of nitrogens with zero attached hydrogens (tertiary/aromatic N) is 1. The molecule has 0 spiro atoms. The summed E-state index contributed by atoms with van der Waals surface area (Å²) in [6.07, 6.45) is 0.311. The van der Waals surface area contributed by atoms with E-state index in [0.717, 1.165) is 17.6 Å². The van der Waals surface area contributed by atoms with E-state index in [1.165, 1.54) is 0 Å². The normalized spacial score (nSPS) is 23.6. The summed E-state index contributed by atoms with van der Waals surface area (Å²) in [4.78, 5) is 14.2. The SMILES string of the molecule is CC1CN(CC(=O)Nc2ccc(Br)cc2Cl)CC(C)O1. The Morgan fingerprint density at radius 3 is 2.70 bits per heavy atom. The van der Waals surface area contributed by atoms with Crippen LogP contribution in [0.1, 0.15) is 13.8 Å². The van der Waals surface area contributed by atoms with E-state index in [1.54, 1.807) is 12.1 Å². The Morgan fingerprint density at radius 1 is 1.45 bits per heavy atom. The van der Waals surface area contributed by atoms with E-state index >= 15 is 0 Å². The summed E-state index contributed by atoms with van der Waals surface area (Å²) < 4.78 is 6.53. The largest absolute Gasteiger partial charge is 0.373 e. The van der Waals surface area contributed by atoms with E-state index in [4.69, 9.17) is 16.3 Å². The van der Waals surface area contributed by atoms with Crippen molar-refractivity contribution in [1.82, 2.24) is 4.90 Å². The lowest BCUT2D eigenvalue weighted by Gasteiger charge is -2.34. The standard InChI is InChI=1S/C14H18BrClN2O2/c1-9-6-18(7-10(2)20-9)8-14(19)17-13-4-3-11(15)5-12(13)16/h3-5,9-10H,6-8H2,1-2H3,(H,17,19). The van der Waals surface area contributed by atoms with E-state index in [1.807, 2.05) is 19.9 Å². The molecule has 0 bridgehead atoms. The van der Waals surface area contributed by atoms with Crippen LogP contribution >= 0.6 is 27.5 Å². The molecule has 0 radical (unpaired) electrons. The monoisotopic (exact) mass is 360 g/mol. The van der Waals surface area contributed by atoms with Gasteiger partial charge in [0, 0.05) is 17.6 Å². The van der Waals surface area contributed by atoms with Gasteiger partial charge in [-0.1, -0.05) is 27.5 Å². The summed E-state index contributed by atoms with van der Waals surface area (Å²) in [5, 5.41) is 3.36. The highest BCUT2D eigenvalue weighted by molar-refractivity contribution is 9.10. The predicted molar refractivity (Wildman–Crippen MR) is 84.2 cm³/mol. The van der Waals surface area contributed by atoms with Gasteiger partial charge in [-0.2, -0.15) is 0 Å². The summed E-state index contributed by atoms with van der Waals surface area (Å²) in [5.41, 5.74) is 0.634. The maximum Gasteiger partial charge on any atom is 0.238 e. The lowest BCUT2D eigenvalue weighted by molar-refractivity contribution is -0.121. The summed E-state index contributed by atoms with van der Waals surface area (Å²) in [5.74, 6) is -0.0597. The van der Waals surface area contributed by atoms with Gasteiger partial charge in [-0.05, 0) is 32.0 Å².